The van der Waals surface area contributed by atoms with Crippen molar-refractivity contribution < 1.29 is 4.11 Å². The predicted octanol–water partition coefficient (Wildman–Crippen LogP) is 1.42. The molecule has 4 nitrogen and oxygen atoms in total. The normalized spacial score (nSPS) is 13.6. The zero-order valence-electron chi connectivity index (χ0n) is 8.82. The minimum Gasteiger partial charge on any atom is -0.231 e. The lowest BCUT2D eigenvalue weighted by Gasteiger charge is -1.98. The summed E-state index contributed by atoms with van der Waals surface area (Å²) in [6.07, 6.45) is 1.10. The van der Waals surface area contributed by atoms with E-state index in [2.05, 4.69) is 31.0 Å². The van der Waals surface area contributed by atoms with E-state index in [-0.39, 0.29) is 18.4 Å². The van der Waals surface area contributed by atoms with Gasteiger partial charge in [0.15, 0.2) is 10.6 Å². The summed E-state index contributed by atoms with van der Waals surface area (Å²) >= 11 is 3.09. The van der Waals surface area contributed by atoms with Crippen molar-refractivity contribution in [2.24, 2.45) is 0 Å². The van der Waals surface area contributed by atoms with Crippen LogP contribution in [0.1, 0.15) is 4.11 Å². The predicted molar refractivity (Wildman–Crippen MR) is 46.9 cm³/mol. The number of aromatic nitrogens is 4. The number of nitrogens with zero attached hydrogens (tertiary/aromatic N) is 4. The standard InChI is InChI=1S/C7H5BrN4/c8-7-9-4-2-6(11-7)12-5-1-3-10-12/h1-5H/i1D,3D,5D. The van der Waals surface area contributed by atoms with Gasteiger partial charge in [0.25, 0.3) is 0 Å². The van der Waals surface area contributed by atoms with Crippen LogP contribution in [0.25, 0.3) is 5.82 Å². The Bertz CT molecular complexity index is 513. The minimum atomic E-state index is -0.241. The lowest BCUT2D eigenvalue weighted by Crippen LogP contribution is -1.98. The molecule has 0 N–H and O–H groups in total. The molecule has 0 aliphatic carbocycles. The first-order valence-electron chi connectivity index (χ1n) is 4.61. The fourth-order valence-electron chi connectivity index (χ4n) is 0.731. The number of halogens is 1. The second-order valence-electron chi connectivity index (χ2n) is 1.94. The van der Waals surface area contributed by atoms with E-state index >= 15 is 0 Å². The third-order valence-electron chi connectivity index (χ3n) is 1.20. The summed E-state index contributed by atoms with van der Waals surface area (Å²) in [4.78, 5) is 7.81. The van der Waals surface area contributed by atoms with Gasteiger partial charge in [-0.3, -0.25) is 0 Å². The highest BCUT2D eigenvalue weighted by Gasteiger charge is 1.97. The molecular formula is C7H5BrN4. The van der Waals surface area contributed by atoms with Crippen LogP contribution < -0.4 is 0 Å². The van der Waals surface area contributed by atoms with Gasteiger partial charge in [0.05, 0.1) is 4.11 Å². The second kappa shape index (κ2) is 3.02. The maximum Gasteiger partial charge on any atom is 0.198 e. The maximum absolute atomic E-state index is 7.54. The van der Waals surface area contributed by atoms with Crippen molar-refractivity contribution in [2.75, 3.05) is 0 Å². The zero-order chi connectivity index (χ0) is 11.0. The van der Waals surface area contributed by atoms with Gasteiger partial charge in [-0.05, 0) is 22.0 Å². The lowest BCUT2D eigenvalue weighted by molar-refractivity contribution is 0.833. The highest BCUT2D eigenvalue weighted by molar-refractivity contribution is 9.10. The molecule has 0 aromatic carbocycles. The molecule has 0 bridgehead atoms. The topological polar surface area (TPSA) is 43.6 Å². The fourth-order valence-corrected chi connectivity index (χ4v) is 1.03. The molecule has 60 valence electrons. The first-order valence-corrected chi connectivity index (χ1v) is 3.90. The molecule has 0 amide bonds. The van der Waals surface area contributed by atoms with E-state index < -0.39 is 0 Å². The zero-order valence-corrected chi connectivity index (χ0v) is 7.41. The van der Waals surface area contributed by atoms with Gasteiger partial charge in [-0.25, -0.2) is 14.6 Å². The average molecular weight is 228 g/mol. The van der Waals surface area contributed by atoms with Crippen LogP contribution in [0.3, 0.4) is 0 Å². The van der Waals surface area contributed by atoms with Crippen LogP contribution in [-0.4, -0.2) is 19.7 Å². The van der Waals surface area contributed by atoms with Crippen LogP contribution in [0.4, 0.5) is 0 Å². The largest absolute Gasteiger partial charge is 0.231 e. The molecule has 0 saturated carbocycles. The third kappa shape index (κ3) is 1.35. The van der Waals surface area contributed by atoms with Gasteiger partial charge in [-0.15, -0.1) is 0 Å². The van der Waals surface area contributed by atoms with Crippen LogP contribution in [0.2, 0.25) is 0 Å². The third-order valence-corrected chi connectivity index (χ3v) is 1.58. The molecule has 0 radical (unpaired) electrons. The molecule has 2 aromatic heterocycles. The molecule has 0 atom stereocenters. The van der Waals surface area contributed by atoms with E-state index in [1.807, 2.05) is 0 Å². The van der Waals surface area contributed by atoms with Crippen molar-refractivity contribution in [3.63, 3.8) is 0 Å². The SMILES string of the molecule is [2H]c1nn(-c2ccnc(Br)n2)c([2H])c1[2H]. The van der Waals surface area contributed by atoms with Crippen molar-refractivity contribution in [2.45, 2.75) is 0 Å². The quantitative estimate of drug-likeness (QED) is 0.693. The Hall–Kier alpha value is -1.23. The molecule has 2 aromatic rings. The van der Waals surface area contributed by atoms with E-state index in [1.165, 1.54) is 6.20 Å². The molecule has 0 spiro atoms. The average Bonchev–Trinajstić information content (AvgIpc) is 2.46. The van der Waals surface area contributed by atoms with Gasteiger partial charge in [-0.1, -0.05) is 0 Å². The van der Waals surface area contributed by atoms with Gasteiger partial charge in [0, 0.05) is 24.6 Å². The molecular weight excluding hydrogens is 220 g/mol. The Morgan fingerprint density at radius 1 is 1.58 bits per heavy atom. The summed E-state index contributed by atoms with van der Waals surface area (Å²) in [5, 5.41) is 3.72. The maximum atomic E-state index is 7.54. The smallest absolute Gasteiger partial charge is 0.198 e. The van der Waals surface area contributed by atoms with Crippen molar-refractivity contribution in [1.29, 1.82) is 0 Å². The number of hydrogen-bond acceptors (Lipinski definition) is 3. The van der Waals surface area contributed by atoms with Gasteiger partial charge < -0.3 is 0 Å². The summed E-state index contributed by atoms with van der Waals surface area (Å²) < 4.78 is 23.7. The molecule has 0 saturated heterocycles. The minimum absolute atomic E-state index is 0.161. The van der Waals surface area contributed by atoms with Gasteiger partial charge in [0.1, 0.15) is 0 Å². The monoisotopic (exact) mass is 227 g/mol. The molecule has 0 unspecified atom stereocenters. The van der Waals surface area contributed by atoms with Crippen molar-refractivity contribution in [3.8, 4) is 5.82 Å². The van der Waals surface area contributed by atoms with E-state index in [9.17, 15) is 0 Å². The first-order chi connectivity index (χ1) is 7.09. The van der Waals surface area contributed by atoms with E-state index in [0.29, 0.717) is 10.6 Å². The summed E-state index contributed by atoms with van der Waals surface area (Å²) in [6, 6.07) is 1.33. The summed E-state index contributed by atoms with van der Waals surface area (Å²) in [6.45, 7) is 0. The Kier molecular flexibility index (Phi) is 1.19. The highest BCUT2D eigenvalue weighted by atomic mass is 79.9. The van der Waals surface area contributed by atoms with Crippen LogP contribution >= 0.6 is 15.9 Å². The van der Waals surface area contributed by atoms with Crippen molar-refractivity contribution in [3.05, 3.63) is 35.4 Å². The molecule has 0 aliphatic rings. The summed E-state index contributed by atoms with van der Waals surface area (Å²) in [7, 11) is 0. The molecule has 5 heteroatoms. The second-order valence-corrected chi connectivity index (χ2v) is 2.65. The molecule has 12 heavy (non-hydrogen) atoms. The van der Waals surface area contributed by atoms with Gasteiger partial charge in [-0.2, -0.15) is 5.10 Å². The Morgan fingerprint density at radius 2 is 2.50 bits per heavy atom. The van der Waals surface area contributed by atoms with Crippen LogP contribution in [-0.2, 0) is 0 Å². The molecule has 2 rings (SSSR count). The van der Waals surface area contributed by atoms with Crippen molar-refractivity contribution in [1.82, 2.24) is 19.7 Å². The molecule has 0 fully saturated rings. The lowest BCUT2D eigenvalue weighted by atomic mass is 10.6. The molecule has 0 aliphatic heterocycles. The Labute approximate surface area is 81.6 Å². The number of rotatable bonds is 1. The van der Waals surface area contributed by atoms with Crippen LogP contribution in [0.15, 0.2) is 35.4 Å². The fraction of sp³-hybridized carbons (Fsp3) is 0. The highest BCUT2D eigenvalue weighted by Crippen LogP contribution is 2.05. The van der Waals surface area contributed by atoms with Crippen LogP contribution in [0, 0.1) is 0 Å². The summed E-state index contributed by atoms with van der Waals surface area (Å²) in [5.41, 5.74) is 0. The Morgan fingerprint density at radius 3 is 3.17 bits per heavy atom. The summed E-state index contributed by atoms with van der Waals surface area (Å²) in [5.74, 6) is 0.355. The van der Waals surface area contributed by atoms with Gasteiger partial charge >= 0.3 is 0 Å². The van der Waals surface area contributed by atoms with Crippen LogP contribution in [0.5, 0.6) is 0 Å². The van der Waals surface area contributed by atoms with Crippen molar-refractivity contribution >= 4 is 15.9 Å². The Balaban J connectivity index is 2.59. The van der Waals surface area contributed by atoms with E-state index in [0.717, 1.165) is 4.68 Å². The first kappa shape index (κ1) is 4.71. The van der Waals surface area contributed by atoms with E-state index in [1.54, 1.807) is 6.07 Å². The number of hydrogen-bond donors (Lipinski definition) is 0. The van der Waals surface area contributed by atoms with E-state index in [4.69, 9.17) is 4.11 Å². The van der Waals surface area contributed by atoms with Gasteiger partial charge in [0.2, 0.25) is 0 Å². The molecule has 2 heterocycles.